The molecule has 0 bridgehead atoms. The van der Waals surface area contributed by atoms with E-state index in [1.165, 1.54) is 18.9 Å². The maximum Gasteiger partial charge on any atom is 0.308 e. The molecule has 1 aromatic heterocycles. The van der Waals surface area contributed by atoms with Crippen LogP contribution in [0.5, 0.6) is 0 Å². The molecule has 7 heteroatoms. The Hall–Kier alpha value is -2.83. The van der Waals surface area contributed by atoms with E-state index in [0.717, 1.165) is 31.1 Å². The Morgan fingerprint density at radius 2 is 2.04 bits per heavy atom. The minimum Gasteiger partial charge on any atom is -0.471 e. The second-order valence-electron chi connectivity index (χ2n) is 7.10. The van der Waals surface area contributed by atoms with E-state index in [4.69, 9.17) is 20.3 Å². The molecule has 0 saturated heterocycles. The van der Waals surface area contributed by atoms with Crippen LogP contribution >= 0.6 is 0 Å². The number of fused-ring (bicyclic) bond motifs is 1. The van der Waals surface area contributed by atoms with Crippen LogP contribution in [0.1, 0.15) is 61.4 Å². The standard InChI is InChI=1S/C20H25N3O4/c1-12(9-17(24)27-14-5-3-2-4-6-14)23-20(25)18-15(19(21)22)8-7-13-10-26-11-16(13)18/h7-8,10-12,14H,2-6,9H2,1H3,(H3,21,22)(H,23,25). The van der Waals surface area contributed by atoms with Gasteiger partial charge in [-0.15, -0.1) is 0 Å². The van der Waals surface area contributed by atoms with E-state index in [9.17, 15) is 9.59 Å². The van der Waals surface area contributed by atoms with Gasteiger partial charge < -0.3 is 20.2 Å². The second-order valence-corrected chi connectivity index (χ2v) is 7.10. The van der Waals surface area contributed by atoms with Gasteiger partial charge >= 0.3 is 5.97 Å². The monoisotopic (exact) mass is 371 g/mol. The number of amides is 1. The lowest BCUT2D eigenvalue weighted by atomic mass is 9.98. The minimum atomic E-state index is -0.407. The van der Waals surface area contributed by atoms with E-state index in [2.05, 4.69) is 5.32 Å². The Balaban J connectivity index is 1.67. The summed E-state index contributed by atoms with van der Waals surface area (Å²) in [6.45, 7) is 1.75. The molecule has 1 aliphatic carbocycles. The average Bonchev–Trinajstić information content (AvgIpc) is 3.09. The zero-order valence-corrected chi connectivity index (χ0v) is 15.4. The van der Waals surface area contributed by atoms with Gasteiger partial charge in [-0.05, 0) is 38.7 Å². The predicted octanol–water partition coefficient (Wildman–Crippen LogP) is 3.10. The van der Waals surface area contributed by atoms with Crippen LogP contribution in [0.2, 0.25) is 0 Å². The number of hydrogen-bond donors (Lipinski definition) is 3. The fourth-order valence-electron chi connectivity index (χ4n) is 3.52. The number of esters is 1. The first kappa shape index (κ1) is 18.9. The van der Waals surface area contributed by atoms with Gasteiger partial charge in [0.25, 0.3) is 5.91 Å². The summed E-state index contributed by atoms with van der Waals surface area (Å²) in [6.07, 6.45) is 8.28. The summed E-state index contributed by atoms with van der Waals surface area (Å²) in [4.78, 5) is 24.9. The number of nitrogens with two attached hydrogens (primary N) is 1. The van der Waals surface area contributed by atoms with Crippen molar-refractivity contribution in [3.63, 3.8) is 0 Å². The fraction of sp³-hybridized carbons (Fsp3) is 0.450. The zero-order valence-electron chi connectivity index (χ0n) is 15.4. The van der Waals surface area contributed by atoms with Crippen molar-refractivity contribution in [2.75, 3.05) is 0 Å². The van der Waals surface area contributed by atoms with Crippen LogP contribution in [0.3, 0.4) is 0 Å². The highest BCUT2D eigenvalue weighted by molar-refractivity contribution is 6.15. The van der Waals surface area contributed by atoms with Crippen molar-refractivity contribution in [3.05, 3.63) is 35.8 Å². The number of nitrogen functional groups attached to an aromatic ring is 1. The molecule has 27 heavy (non-hydrogen) atoms. The second kappa shape index (κ2) is 8.24. The van der Waals surface area contributed by atoms with Crippen molar-refractivity contribution in [3.8, 4) is 0 Å². The Morgan fingerprint density at radius 3 is 2.74 bits per heavy atom. The Morgan fingerprint density at radius 1 is 1.30 bits per heavy atom. The molecule has 1 aromatic carbocycles. The van der Waals surface area contributed by atoms with Gasteiger partial charge in [-0.3, -0.25) is 15.0 Å². The van der Waals surface area contributed by atoms with Crippen molar-refractivity contribution in [1.82, 2.24) is 5.32 Å². The molecule has 1 saturated carbocycles. The van der Waals surface area contributed by atoms with Crippen LogP contribution in [0, 0.1) is 5.41 Å². The molecule has 4 N–H and O–H groups in total. The van der Waals surface area contributed by atoms with Gasteiger partial charge in [-0.25, -0.2) is 0 Å². The van der Waals surface area contributed by atoms with E-state index in [1.54, 1.807) is 19.1 Å². The molecule has 144 valence electrons. The first-order valence-electron chi connectivity index (χ1n) is 9.29. The van der Waals surface area contributed by atoms with Crippen molar-refractivity contribution >= 4 is 28.5 Å². The number of benzene rings is 1. The SMILES string of the molecule is CC(CC(=O)OC1CCCCC1)NC(=O)c1c(C(=N)N)ccc2cocc12. The number of carbonyl (C=O) groups excluding carboxylic acids is 2. The molecule has 0 aliphatic heterocycles. The van der Waals surface area contributed by atoms with E-state index >= 15 is 0 Å². The minimum absolute atomic E-state index is 0.00172. The molecule has 1 heterocycles. The third kappa shape index (κ3) is 4.48. The number of furan rings is 1. The van der Waals surface area contributed by atoms with Crippen molar-refractivity contribution in [2.45, 2.75) is 57.6 Å². The van der Waals surface area contributed by atoms with Crippen LogP contribution in [0.4, 0.5) is 0 Å². The van der Waals surface area contributed by atoms with Crippen molar-refractivity contribution in [1.29, 1.82) is 5.41 Å². The molecule has 1 fully saturated rings. The molecular weight excluding hydrogens is 346 g/mol. The number of amidine groups is 1. The molecular formula is C20H25N3O4. The first-order chi connectivity index (χ1) is 13.0. The van der Waals surface area contributed by atoms with E-state index < -0.39 is 11.9 Å². The number of nitrogens with one attached hydrogen (secondary N) is 2. The lowest BCUT2D eigenvalue weighted by molar-refractivity contribution is -0.150. The quantitative estimate of drug-likeness (QED) is 0.410. The molecule has 1 amide bonds. The number of ether oxygens (including phenoxy) is 1. The van der Waals surface area contributed by atoms with Gasteiger partial charge in [0.15, 0.2) is 0 Å². The molecule has 1 atom stereocenters. The maximum absolute atomic E-state index is 12.8. The van der Waals surface area contributed by atoms with Crippen LogP contribution < -0.4 is 11.1 Å². The molecule has 7 nitrogen and oxygen atoms in total. The number of hydrogen-bond acceptors (Lipinski definition) is 5. The third-order valence-electron chi connectivity index (χ3n) is 4.88. The van der Waals surface area contributed by atoms with E-state index in [-0.39, 0.29) is 29.9 Å². The summed E-state index contributed by atoms with van der Waals surface area (Å²) in [5, 5.41) is 11.9. The summed E-state index contributed by atoms with van der Waals surface area (Å²) < 4.78 is 10.7. The first-order valence-corrected chi connectivity index (χ1v) is 9.29. The van der Waals surface area contributed by atoms with Gasteiger partial charge in [-0.1, -0.05) is 12.5 Å². The third-order valence-corrected chi connectivity index (χ3v) is 4.88. The van der Waals surface area contributed by atoms with Crippen molar-refractivity contribution in [2.24, 2.45) is 5.73 Å². The molecule has 2 aromatic rings. The van der Waals surface area contributed by atoms with Gasteiger partial charge in [0.2, 0.25) is 0 Å². The molecule has 3 rings (SSSR count). The predicted molar refractivity (Wildman–Crippen MR) is 102 cm³/mol. The molecule has 0 spiro atoms. The van der Waals surface area contributed by atoms with Gasteiger partial charge in [0, 0.05) is 22.4 Å². The lowest BCUT2D eigenvalue weighted by Crippen LogP contribution is -2.36. The Bertz CT molecular complexity index is 852. The Labute approximate surface area is 157 Å². The molecule has 0 radical (unpaired) electrons. The largest absolute Gasteiger partial charge is 0.471 e. The van der Waals surface area contributed by atoms with E-state index in [0.29, 0.717) is 10.9 Å². The summed E-state index contributed by atoms with van der Waals surface area (Å²) in [5.41, 5.74) is 6.24. The summed E-state index contributed by atoms with van der Waals surface area (Å²) in [7, 11) is 0. The Kier molecular flexibility index (Phi) is 5.78. The summed E-state index contributed by atoms with van der Waals surface area (Å²) in [6, 6.07) is 2.96. The zero-order chi connectivity index (χ0) is 19.4. The van der Waals surface area contributed by atoms with Crippen LogP contribution in [0.25, 0.3) is 10.8 Å². The van der Waals surface area contributed by atoms with Crippen LogP contribution in [0.15, 0.2) is 29.1 Å². The van der Waals surface area contributed by atoms with Gasteiger partial charge in [0.1, 0.15) is 11.9 Å². The highest BCUT2D eigenvalue weighted by Crippen LogP contribution is 2.24. The topological polar surface area (TPSA) is 118 Å². The smallest absolute Gasteiger partial charge is 0.308 e. The lowest BCUT2D eigenvalue weighted by Gasteiger charge is -2.23. The number of carbonyl (C=O) groups is 2. The van der Waals surface area contributed by atoms with Crippen molar-refractivity contribution < 1.29 is 18.7 Å². The molecule has 1 unspecified atom stereocenters. The summed E-state index contributed by atoms with van der Waals surface area (Å²) in [5.74, 6) is -0.902. The normalized spacial score (nSPS) is 16.0. The van der Waals surface area contributed by atoms with Crippen LogP contribution in [-0.4, -0.2) is 29.9 Å². The average molecular weight is 371 g/mol. The molecule has 1 aliphatic rings. The van der Waals surface area contributed by atoms with Gasteiger partial charge in [0.05, 0.1) is 24.5 Å². The number of rotatable bonds is 6. The highest BCUT2D eigenvalue weighted by Gasteiger charge is 2.23. The highest BCUT2D eigenvalue weighted by atomic mass is 16.5. The summed E-state index contributed by atoms with van der Waals surface area (Å²) >= 11 is 0. The maximum atomic E-state index is 12.8. The van der Waals surface area contributed by atoms with Crippen LogP contribution in [-0.2, 0) is 9.53 Å². The van der Waals surface area contributed by atoms with E-state index in [1.807, 2.05) is 0 Å². The fourth-order valence-corrected chi connectivity index (χ4v) is 3.52. The van der Waals surface area contributed by atoms with Gasteiger partial charge in [-0.2, -0.15) is 0 Å².